The number of aryl methyl sites for hydroxylation is 1. The molecular formula is C15H23NO2. The van der Waals surface area contributed by atoms with E-state index in [1.165, 1.54) is 0 Å². The number of carbonyl (C=O) groups is 1. The first kappa shape index (κ1) is 14.6. The molecule has 18 heavy (non-hydrogen) atoms. The van der Waals surface area contributed by atoms with Crippen molar-refractivity contribution in [3.63, 3.8) is 0 Å². The molecule has 3 heteroatoms. The summed E-state index contributed by atoms with van der Waals surface area (Å²) < 4.78 is 0. The first-order valence-electron chi connectivity index (χ1n) is 6.32. The zero-order chi connectivity index (χ0) is 13.9. The smallest absolute Gasteiger partial charge is 0.255 e. The summed E-state index contributed by atoms with van der Waals surface area (Å²) in [6, 6.07) is 5.08. The van der Waals surface area contributed by atoms with Crippen LogP contribution in [0.4, 0.5) is 0 Å². The predicted molar refractivity (Wildman–Crippen MR) is 73.8 cm³/mol. The molecule has 0 saturated heterocycles. The Morgan fingerprint density at radius 1 is 1.39 bits per heavy atom. The lowest BCUT2D eigenvalue weighted by molar-refractivity contribution is 0.0922. The lowest BCUT2D eigenvalue weighted by Crippen LogP contribution is -2.37. The highest BCUT2D eigenvalue weighted by Gasteiger charge is 2.23. The fraction of sp³-hybridized carbons (Fsp3) is 0.533. The monoisotopic (exact) mass is 249 g/mol. The minimum atomic E-state index is -0.221. The molecular weight excluding hydrogens is 226 g/mol. The average molecular weight is 249 g/mol. The number of phenolic OH excluding ortho intramolecular Hbond substituents is 1. The van der Waals surface area contributed by atoms with Crippen molar-refractivity contribution in [3.05, 3.63) is 29.3 Å². The van der Waals surface area contributed by atoms with Gasteiger partial charge in [0, 0.05) is 6.54 Å². The quantitative estimate of drug-likeness (QED) is 0.861. The van der Waals surface area contributed by atoms with E-state index >= 15 is 0 Å². The Morgan fingerprint density at radius 3 is 2.50 bits per heavy atom. The molecule has 0 unspecified atom stereocenters. The Kier molecular flexibility index (Phi) is 4.38. The highest BCUT2D eigenvalue weighted by Crippen LogP contribution is 2.25. The number of phenols is 1. The van der Waals surface area contributed by atoms with Crippen molar-refractivity contribution in [2.24, 2.45) is 11.3 Å². The van der Waals surface area contributed by atoms with Gasteiger partial charge >= 0.3 is 0 Å². The van der Waals surface area contributed by atoms with Crippen molar-refractivity contribution in [2.75, 3.05) is 6.54 Å². The van der Waals surface area contributed by atoms with Crippen LogP contribution in [0.2, 0.25) is 0 Å². The van der Waals surface area contributed by atoms with Gasteiger partial charge in [-0.05, 0) is 36.0 Å². The van der Waals surface area contributed by atoms with E-state index in [4.69, 9.17) is 0 Å². The number of hydrogen-bond acceptors (Lipinski definition) is 2. The third-order valence-corrected chi connectivity index (χ3v) is 3.67. The van der Waals surface area contributed by atoms with Crippen molar-refractivity contribution in [1.82, 2.24) is 5.32 Å². The first-order chi connectivity index (χ1) is 8.24. The summed E-state index contributed by atoms with van der Waals surface area (Å²) in [6.45, 7) is 11.0. The lowest BCUT2D eigenvalue weighted by atomic mass is 9.81. The molecule has 0 saturated carbocycles. The third kappa shape index (κ3) is 3.49. The molecule has 0 spiro atoms. The highest BCUT2D eigenvalue weighted by molar-refractivity contribution is 5.96. The number of hydrogen-bond donors (Lipinski definition) is 2. The number of aromatic hydroxyl groups is 1. The Morgan fingerprint density at radius 2 is 2.00 bits per heavy atom. The van der Waals surface area contributed by atoms with Gasteiger partial charge in [-0.25, -0.2) is 0 Å². The van der Waals surface area contributed by atoms with Gasteiger partial charge in [-0.2, -0.15) is 0 Å². The Labute approximate surface area is 109 Å². The van der Waals surface area contributed by atoms with Crippen molar-refractivity contribution in [2.45, 2.75) is 34.6 Å². The Bertz CT molecular complexity index is 436. The van der Waals surface area contributed by atoms with Crippen LogP contribution < -0.4 is 5.32 Å². The molecule has 2 N–H and O–H groups in total. The van der Waals surface area contributed by atoms with E-state index in [0.29, 0.717) is 18.0 Å². The second-order valence-corrected chi connectivity index (χ2v) is 5.85. The van der Waals surface area contributed by atoms with Crippen molar-refractivity contribution >= 4 is 5.91 Å². The second-order valence-electron chi connectivity index (χ2n) is 5.85. The summed E-state index contributed by atoms with van der Waals surface area (Å²) in [4.78, 5) is 12.0. The topological polar surface area (TPSA) is 49.3 Å². The molecule has 0 aliphatic carbocycles. The summed E-state index contributed by atoms with van der Waals surface area (Å²) in [5, 5.41) is 12.6. The van der Waals surface area contributed by atoms with Crippen LogP contribution in [-0.2, 0) is 0 Å². The van der Waals surface area contributed by atoms with Crippen LogP contribution >= 0.6 is 0 Å². The summed E-state index contributed by atoms with van der Waals surface area (Å²) in [5.41, 5.74) is 1.31. The van der Waals surface area contributed by atoms with Gasteiger partial charge in [0.15, 0.2) is 0 Å². The van der Waals surface area contributed by atoms with Gasteiger partial charge in [0.05, 0.1) is 5.56 Å². The molecule has 3 nitrogen and oxygen atoms in total. The second kappa shape index (κ2) is 5.42. The molecule has 1 aromatic carbocycles. The standard InChI is InChI=1S/C15H23NO2/c1-10(2)15(4,5)9-16-14(18)12-7-6-11(3)8-13(12)17/h6-8,10,17H,9H2,1-5H3,(H,16,18). The van der Waals surface area contributed by atoms with Crippen LogP contribution in [0.3, 0.4) is 0 Å². The molecule has 0 bridgehead atoms. The Balaban J connectivity index is 2.72. The van der Waals surface area contributed by atoms with Gasteiger partial charge in [-0.1, -0.05) is 33.8 Å². The maximum absolute atomic E-state index is 12.0. The van der Waals surface area contributed by atoms with E-state index in [0.717, 1.165) is 5.56 Å². The summed E-state index contributed by atoms with van der Waals surface area (Å²) in [5.74, 6) is 0.292. The molecule has 0 fully saturated rings. The molecule has 0 atom stereocenters. The molecule has 0 heterocycles. The zero-order valence-electron chi connectivity index (χ0n) is 11.9. The summed E-state index contributed by atoms with van der Waals surface area (Å²) in [7, 11) is 0. The normalized spacial score (nSPS) is 11.7. The van der Waals surface area contributed by atoms with Gasteiger partial charge < -0.3 is 10.4 Å². The Hall–Kier alpha value is -1.51. The van der Waals surface area contributed by atoms with E-state index in [2.05, 4.69) is 33.0 Å². The molecule has 0 radical (unpaired) electrons. The van der Waals surface area contributed by atoms with E-state index in [1.54, 1.807) is 12.1 Å². The van der Waals surface area contributed by atoms with Crippen LogP contribution in [0, 0.1) is 18.3 Å². The maximum Gasteiger partial charge on any atom is 0.255 e. The highest BCUT2D eigenvalue weighted by atomic mass is 16.3. The van der Waals surface area contributed by atoms with Crippen LogP contribution in [0.25, 0.3) is 0 Å². The zero-order valence-corrected chi connectivity index (χ0v) is 11.9. The lowest BCUT2D eigenvalue weighted by Gasteiger charge is -2.29. The minimum Gasteiger partial charge on any atom is -0.507 e. The largest absolute Gasteiger partial charge is 0.507 e. The number of rotatable bonds is 4. The SMILES string of the molecule is Cc1ccc(C(=O)NCC(C)(C)C(C)C)c(O)c1. The minimum absolute atomic E-state index is 0.0369. The maximum atomic E-state index is 12.0. The molecule has 1 amide bonds. The molecule has 0 aliphatic rings. The fourth-order valence-corrected chi connectivity index (χ4v) is 1.44. The average Bonchev–Trinajstić information content (AvgIpc) is 2.25. The van der Waals surface area contributed by atoms with Crippen LogP contribution in [-0.4, -0.2) is 17.6 Å². The van der Waals surface area contributed by atoms with Crippen molar-refractivity contribution in [1.29, 1.82) is 0 Å². The van der Waals surface area contributed by atoms with Crippen LogP contribution in [0.15, 0.2) is 18.2 Å². The van der Waals surface area contributed by atoms with Gasteiger partial charge in [0.2, 0.25) is 0 Å². The first-order valence-corrected chi connectivity index (χ1v) is 6.32. The van der Waals surface area contributed by atoms with Gasteiger partial charge in [0.25, 0.3) is 5.91 Å². The molecule has 1 aromatic rings. The van der Waals surface area contributed by atoms with Crippen molar-refractivity contribution in [3.8, 4) is 5.75 Å². The predicted octanol–water partition coefficient (Wildman–Crippen LogP) is 3.11. The molecule has 1 rings (SSSR count). The number of amides is 1. The fourth-order valence-electron chi connectivity index (χ4n) is 1.44. The van der Waals surface area contributed by atoms with Crippen LogP contribution in [0.1, 0.15) is 43.6 Å². The van der Waals surface area contributed by atoms with E-state index in [1.807, 2.05) is 13.0 Å². The number of carbonyl (C=O) groups excluding carboxylic acids is 1. The number of benzene rings is 1. The van der Waals surface area contributed by atoms with Gasteiger partial charge in [0.1, 0.15) is 5.75 Å². The molecule has 0 aliphatic heterocycles. The number of nitrogens with one attached hydrogen (secondary N) is 1. The van der Waals surface area contributed by atoms with Crippen molar-refractivity contribution < 1.29 is 9.90 Å². The van der Waals surface area contributed by atoms with E-state index < -0.39 is 0 Å². The van der Waals surface area contributed by atoms with E-state index in [-0.39, 0.29) is 17.1 Å². The van der Waals surface area contributed by atoms with Gasteiger partial charge in [-0.15, -0.1) is 0 Å². The molecule has 100 valence electrons. The summed E-state index contributed by atoms with van der Waals surface area (Å²) in [6.07, 6.45) is 0. The van der Waals surface area contributed by atoms with E-state index in [9.17, 15) is 9.90 Å². The van der Waals surface area contributed by atoms with Crippen LogP contribution in [0.5, 0.6) is 5.75 Å². The third-order valence-electron chi connectivity index (χ3n) is 3.67. The molecule has 0 aromatic heterocycles. The summed E-state index contributed by atoms with van der Waals surface area (Å²) >= 11 is 0. The van der Waals surface area contributed by atoms with Gasteiger partial charge in [-0.3, -0.25) is 4.79 Å².